The van der Waals surface area contributed by atoms with E-state index >= 15 is 0 Å². The first-order chi connectivity index (χ1) is 5.83. The van der Waals surface area contributed by atoms with Crippen LogP contribution >= 0.6 is 15.9 Å². The van der Waals surface area contributed by atoms with Crippen molar-refractivity contribution >= 4 is 27.0 Å². The molecule has 0 atom stereocenters. The van der Waals surface area contributed by atoms with E-state index in [1.165, 1.54) is 6.33 Å². The Labute approximate surface area is 76.4 Å². The number of aromatic nitrogens is 3. The van der Waals surface area contributed by atoms with Crippen LogP contribution in [0.2, 0.25) is 0 Å². The maximum Gasteiger partial charge on any atom is 0.168 e. The first-order valence-electron chi connectivity index (χ1n) is 3.20. The molecule has 58 valence electrons. The van der Waals surface area contributed by atoms with Crippen LogP contribution in [0, 0.1) is 11.3 Å². The number of nitrogens with one attached hydrogen (secondary N) is 1. The Morgan fingerprint density at radius 3 is 3.08 bits per heavy atom. The largest absolute Gasteiger partial charge is 0.344 e. The van der Waals surface area contributed by atoms with Crippen molar-refractivity contribution in [2.45, 2.75) is 0 Å². The minimum atomic E-state index is 0.342. The van der Waals surface area contributed by atoms with E-state index < -0.39 is 0 Å². The molecule has 0 bridgehead atoms. The zero-order valence-electron chi connectivity index (χ0n) is 5.87. The molecule has 2 rings (SSSR count). The highest BCUT2D eigenvalue weighted by Gasteiger charge is 2.06. The predicted molar refractivity (Wildman–Crippen MR) is 46.3 cm³/mol. The first kappa shape index (κ1) is 7.25. The molecule has 0 amide bonds. The number of aromatic amines is 1. The lowest BCUT2D eigenvalue weighted by Crippen LogP contribution is -1.84. The molecule has 1 N–H and O–H groups in total. The number of imidazole rings is 1. The van der Waals surface area contributed by atoms with E-state index in [1.54, 1.807) is 6.20 Å². The normalized spacial score (nSPS) is 10.0. The summed E-state index contributed by atoms with van der Waals surface area (Å²) < 4.78 is 0.814. The lowest BCUT2D eigenvalue weighted by molar-refractivity contribution is 1.27. The van der Waals surface area contributed by atoms with Crippen LogP contribution in [-0.4, -0.2) is 15.0 Å². The van der Waals surface area contributed by atoms with Crippen molar-refractivity contribution < 1.29 is 0 Å². The molecule has 12 heavy (non-hydrogen) atoms. The van der Waals surface area contributed by atoms with E-state index in [-0.39, 0.29) is 0 Å². The number of hydrogen-bond donors (Lipinski definition) is 1. The van der Waals surface area contributed by atoms with Crippen molar-refractivity contribution in [1.82, 2.24) is 15.0 Å². The second-order valence-electron chi connectivity index (χ2n) is 2.19. The van der Waals surface area contributed by atoms with Crippen molar-refractivity contribution in [3.05, 3.63) is 22.7 Å². The summed E-state index contributed by atoms with van der Waals surface area (Å²) in [5, 5.41) is 8.66. The summed E-state index contributed by atoms with van der Waals surface area (Å²) in [5.74, 6) is 0. The Morgan fingerprint density at radius 1 is 1.50 bits per heavy atom. The van der Waals surface area contributed by atoms with Crippen molar-refractivity contribution in [2.24, 2.45) is 0 Å². The number of rotatable bonds is 0. The third kappa shape index (κ3) is 0.889. The molecular weight excluding hydrogens is 220 g/mol. The summed E-state index contributed by atoms with van der Waals surface area (Å²) in [5.41, 5.74) is 1.75. The van der Waals surface area contributed by atoms with Gasteiger partial charge in [-0.05, 0) is 15.9 Å². The SMILES string of the molecule is N#Cc1ncc(Br)c2[nH]cnc12. The maximum atomic E-state index is 8.66. The number of halogens is 1. The lowest BCUT2D eigenvalue weighted by atomic mass is 10.3. The predicted octanol–water partition coefficient (Wildman–Crippen LogP) is 1.59. The van der Waals surface area contributed by atoms with Crippen molar-refractivity contribution in [3.63, 3.8) is 0 Å². The Bertz CT molecular complexity index is 468. The third-order valence-electron chi connectivity index (χ3n) is 1.52. The number of nitrogens with zero attached hydrogens (tertiary/aromatic N) is 3. The molecule has 4 nitrogen and oxygen atoms in total. The number of pyridine rings is 1. The van der Waals surface area contributed by atoms with E-state index in [4.69, 9.17) is 5.26 Å². The molecule has 5 heteroatoms. The van der Waals surface area contributed by atoms with Crippen LogP contribution in [0.15, 0.2) is 17.0 Å². The summed E-state index contributed by atoms with van der Waals surface area (Å²) >= 11 is 3.30. The molecule has 0 radical (unpaired) electrons. The zero-order valence-corrected chi connectivity index (χ0v) is 7.46. The highest BCUT2D eigenvalue weighted by Crippen LogP contribution is 2.20. The van der Waals surface area contributed by atoms with Gasteiger partial charge in [-0.25, -0.2) is 9.97 Å². The Morgan fingerprint density at radius 2 is 2.33 bits per heavy atom. The highest BCUT2D eigenvalue weighted by molar-refractivity contribution is 9.10. The minimum absolute atomic E-state index is 0.342. The van der Waals surface area contributed by atoms with E-state index in [0.717, 1.165) is 9.99 Å². The standard InChI is InChI=1S/C7H3BrN4/c8-4-2-10-5(1-9)7-6(4)11-3-12-7/h2-3H,(H,11,12). The fourth-order valence-corrected chi connectivity index (χ4v) is 1.39. The molecular formula is C7H3BrN4. The molecule has 0 unspecified atom stereocenters. The van der Waals surface area contributed by atoms with Gasteiger partial charge in [0, 0.05) is 6.20 Å². The Kier molecular flexibility index (Phi) is 1.55. The van der Waals surface area contributed by atoms with Crippen LogP contribution < -0.4 is 0 Å². The minimum Gasteiger partial charge on any atom is -0.344 e. The second kappa shape index (κ2) is 2.57. The highest BCUT2D eigenvalue weighted by atomic mass is 79.9. The van der Waals surface area contributed by atoms with Gasteiger partial charge in [0.1, 0.15) is 11.6 Å². The first-order valence-corrected chi connectivity index (χ1v) is 4.00. The molecule has 0 saturated carbocycles. The van der Waals surface area contributed by atoms with Crippen LogP contribution in [0.5, 0.6) is 0 Å². The van der Waals surface area contributed by atoms with Crippen LogP contribution in [-0.2, 0) is 0 Å². The molecule has 2 aromatic rings. The molecule has 0 aliphatic carbocycles. The fourth-order valence-electron chi connectivity index (χ4n) is 0.985. The molecule has 0 fully saturated rings. The number of H-pyrrole nitrogens is 1. The summed E-state index contributed by atoms with van der Waals surface area (Å²) in [6, 6.07) is 1.97. The average Bonchev–Trinajstić information content (AvgIpc) is 2.54. The topological polar surface area (TPSA) is 65.4 Å². The van der Waals surface area contributed by atoms with E-state index in [1.807, 2.05) is 6.07 Å². The van der Waals surface area contributed by atoms with Crippen molar-refractivity contribution in [3.8, 4) is 6.07 Å². The lowest BCUT2D eigenvalue weighted by Gasteiger charge is -1.92. The second-order valence-corrected chi connectivity index (χ2v) is 3.05. The van der Waals surface area contributed by atoms with Crippen LogP contribution in [0.1, 0.15) is 5.69 Å². The summed E-state index contributed by atoms with van der Waals surface area (Å²) in [6.45, 7) is 0. The third-order valence-corrected chi connectivity index (χ3v) is 2.12. The fraction of sp³-hybridized carbons (Fsp3) is 0. The van der Waals surface area contributed by atoms with Gasteiger partial charge < -0.3 is 4.98 Å². The molecule has 0 spiro atoms. The van der Waals surface area contributed by atoms with Gasteiger partial charge in [0.05, 0.1) is 16.3 Å². The van der Waals surface area contributed by atoms with Gasteiger partial charge in [-0.1, -0.05) is 0 Å². The van der Waals surface area contributed by atoms with Gasteiger partial charge in [0.25, 0.3) is 0 Å². The Balaban J connectivity index is 2.94. The van der Waals surface area contributed by atoms with Gasteiger partial charge in [-0.3, -0.25) is 0 Å². The monoisotopic (exact) mass is 222 g/mol. The Hall–Kier alpha value is -1.41. The smallest absolute Gasteiger partial charge is 0.168 e. The van der Waals surface area contributed by atoms with Crippen LogP contribution in [0.3, 0.4) is 0 Å². The number of hydrogen-bond acceptors (Lipinski definition) is 3. The molecule has 2 heterocycles. The summed E-state index contributed by atoms with van der Waals surface area (Å²) in [4.78, 5) is 10.8. The van der Waals surface area contributed by atoms with Gasteiger partial charge in [0.2, 0.25) is 0 Å². The van der Waals surface area contributed by atoms with Crippen molar-refractivity contribution in [1.29, 1.82) is 5.26 Å². The van der Waals surface area contributed by atoms with Crippen LogP contribution in [0.25, 0.3) is 11.0 Å². The van der Waals surface area contributed by atoms with E-state index in [0.29, 0.717) is 11.2 Å². The summed E-state index contributed by atoms with van der Waals surface area (Å²) in [7, 11) is 0. The van der Waals surface area contributed by atoms with Gasteiger partial charge in [-0.15, -0.1) is 0 Å². The zero-order chi connectivity index (χ0) is 8.55. The number of nitriles is 1. The maximum absolute atomic E-state index is 8.66. The van der Waals surface area contributed by atoms with Gasteiger partial charge in [0.15, 0.2) is 5.69 Å². The number of fused-ring (bicyclic) bond motifs is 1. The molecule has 0 aromatic carbocycles. The quantitative estimate of drug-likeness (QED) is 0.737. The van der Waals surface area contributed by atoms with Crippen molar-refractivity contribution in [2.75, 3.05) is 0 Å². The van der Waals surface area contributed by atoms with Gasteiger partial charge in [-0.2, -0.15) is 5.26 Å². The molecule has 0 aliphatic rings. The summed E-state index contributed by atoms with van der Waals surface area (Å²) in [6.07, 6.45) is 3.12. The van der Waals surface area contributed by atoms with Crippen LogP contribution in [0.4, 0.5) is 0 Å². The van der Waals surface area contributed by atoms with Gasteiger partial charge >= 0.3 is 0 Å². The molecule has 0 saturated heterocycles. The molecule has 0 aliphatic heterocycles. The molecule has 2 aromatic heterocycles. The average molecular weight is 223 g/mol. The van der Waals surface area contributed by atoms with E-state index in [9.17, 15) is 0 Å². The van der Waals surface area contributed by atoms with E-state index in [2.05, 4.69) is 30.9 Å².